The van der Waals surface area contributed by atoms with Crippen LogP contribution in [0.2, 0.25) is 5.02 Å². The Kier molecular flexibility index (Phi) is 7.45. The number of carbonyl (C=O) groups is 1. The number of rotatable bonds is 7. The van der Waals surface area contributed by atoms with Gasteiger partial charge < -0.3 is 20.0 Å². The summed E-state index contributed by atoms with van der Waals surface area (Å²) < 4.78 is 8.07. The van der Waals surface area contributed by atoms with E-state index in [1.54, 1.807) is 18.0 Å². The molecule has 0 aliphatic carbocycles. The first kappa shape index (κ1) is 21.2. The highest BCUT2D eigenvalue weighted by Gasteiger charge is 2.26. The molecule has 0 amide bonds. The molecule has 0 spiro atoms. The fraction of sp³-hybridized carbons (Fsp3) is 0.526. The number of Topliss-reactive ketones (excluding diaryl/α,β-unsaturated/α-hetero) is 1. The second-order valence-electron chi connectivity index (χ2n) is 6.82. The van der Waals surface area contributed by atoms with Crippen molar-refractivity contribution >= 4 is 44.2 Å². The summed E-state index contributed by atoms with van der Waals surface area (Å²) in [6, 6.07) is 3.71. The number of ether oxygens (including phenoxy) is 1. The highest BCUT2D eigenvalue weighted by Crippen LogP contribution is 2.25. The van der Waals surface area contributed by atoms with Crippen molar-refractivity contribution in [2.24, 2.45) is 5.10 Å². The standard InChI is InChI=1S/C19H25BrClN5O2/c1-3-24-25-19-13-8-15(21)14(20)9-16(13)23-11-26(19)10-12(27)7-17-18(28-2)5-4-6-22-17/h8-9,11,17-18,22,24H,3-7,10H2,1-2H3. The minimum Gasteiger partial charge on any atom is -0.380 e. The second-order valence-corrected chi connectivity index (χ2v) is 8.08. The topological polar surface area (TPSA) is 80.5 Å². The molecule has 0 radical (unpaired) electrons. The summed E-state index contributed by atoms with van der Waals surface area (Å²) in [5.74, 6) is 0.101. The summed E-state index contributed by atoms with van der Waals surface area (Å²) in [7, 11) is 1.70. The third-order valence-corrected chi connectivity index (χ3v) is 6.05. The molecular weight excluding hydrogens is 446 g/mol. The van der Waals surface area contributed by atoms with Crippen LogP contribution in [-0.2, 0) is 16.1 Å². The highest BCUT2D eigenvalue weighted by atomic mass is 79.9. The number of aromatic nitrogens is 2. The Hall–Kier alpha value is -1.48. The van der Waals surface area contributed by atoms with Gasteiger partial charge in [-0.15, -0.1) is 0 Å². The van der Waals surface area contributed by atoms with Crippen LogP contribution in [0.1, 0.15) is 26.2 Å². The van der Waals surface area contributed by atoms with Crippen LogP contribution < -0.4 is 16.2 Å². The molecule has 0 saturated carbocycles. The molecule has 2 atom stereocenters. The molecule has 0 bridgehead atoms. The number of nitrogens with zero attached hydrogens (tertiary/aromatic N) is 3. The highest BCUT2D eigenvalue weighted by molar-refractivity contribution is 9.10. The van der Waals surface area contributed by atoms with Gasteiger partial charge in [-0.05, 0) is 54.4 Å². The molecule has 2 heterocycles. The number of methoxy groups -OCH3 is 1. The number of benzene rings is 1. The second kappa shape index (κ2) is 9.82. The van der Waals surface area contributed by atoms with Crippen molar-refractivity contribution in [2.75, 3.05) is 20.2 Å². The fourth-order valence-corrected chi connectivity index (χ4v) is 3.96. The predicted octanol–water partition coefficient (Wildman–Crippen LogP) is 2.60. The average molecular weight is 471 g/mol. The van der Waals surface area contributed by atoms with E-state index >= 15 is 0 Å². The summed E-state index contributed by atoms with van der Waals surface area (Å²) in [4.78, 5) is 17.3. The van der Waals surface area contributed by atoms with Gasteiger partial charge in [0.25, 0.3) is 0 Å². The molecule has 2 unspecified atom stereocenters. The van der Waals surface area contributed by atoms with Gasteiger partial charge >= 0.3 is 0 Å². The molecule has 2 N–H and O–H groups in total. The minimum absolute atomic E-state index is 0.0415. The maximum atomic E-state index is 12.8. The van der Waals surface area contributed by atoms with Crippen molar-refractivity contribution in [1.82, 2.24) is 20.3 Å². The third-order valence-electron chi connectivity index (χ3n) is 4.85. The molecule has 1 saturated heterocycles. The van der Waals surface area contributed by atoms with Crippen molar-refractivity contribution in [2.45, 2.75) is 44.9 Å². The first-order chi connectivity index (χ1) is 13.5. The Morgan fingerprint density at radius 1 is 1.54 bits per heavy atom. The number of fused-ring (bicyclic) bond motifs is 1. The van der Waals surface area contributed by atoms with Crippen LogP contribution in [0.4, 0.5) is 0 Å². The Morgan fingerprint density at radius 3 is 3.11 bits per heavy atom. The summed E-state index contributed by atoms with van der Waals surface area (Å²) >= 11 is 9.70. The molecule has 1 aliphatic heterocycles. The Balaban J connectivity index is 1.89. The Bertz CT molecular complexity index is 917. The van der Waals surface area contributed by atoms with Crippen molar-refractivity contribution in [3.05, 3.63) is 33.4 Å². The molecule has 152 valence electrons. The van der Waals surface area contributed by atoms with Crippen molar-refractivity contribution in [1.29, 1.82) is 0 Å². The van der Waals surface area contributed by atoms with Gasteiger partial charge in [-0.2, -0.15) is 5.10 Å². The zero-order valence-corrected chi connectivity index (χ0v) is 18.4. The van der Waals surface area contributed by atoms with E-state index in [4.69, 9.17) is 16.3 Å². The van der Waals surface area contributed by atoms with Crippen molar-refractivity contribution in [3.63, 3.8) is 0 Å². The number of hydrogen-bond donors (Lipinski definition) is 2. The van der Waals surface area contributed by atoms with Crippen LogP contribution in [0.15, 0.2) is 28.0 Å². The van der Waals surface area contributed by atoms with E-state index in [1.165, 1.54) is 0 Å². The van der Waals surface area contributed by atoms with Crippen LogP contribution >= 0.6 is 27.5 Å². The predicted molar refractivity (Wildman–Crippen MR) is 113 cm³/mol. The van der Waals surface area contributed by atoms with Gasteiger partial charge in [-0.3, -0.25) is 4.79 Å². The van der Waals surface area contributed by atoms with Crippen LogP contribution in [0.3, 0.4) is 0 Å². The van der Waals surface area contributed by atoms with Crippen molar-refractivity contribution in [3.8, 4) is 0 Å². The summed E-state index contributed by atoms with van der Waals surface area (Å²) in [5.41, 5.74) is 4.37. The molecule has 3 rings (SSSR count). The monoisotopic (exact) mass is 469 g/mol. The van der Waals surface area contributed by atoms with Crippen molar-refractivity contribution < 1.29 is 9.53 Å². The van der Waals surface area contributed by atoms with E-state index in [1.807, 2.05) is 19.1 Å². The van der Waals surface area contributed by atoms with Crippen LogP contribution in [0.5, 0.6) is 0 Å². The number of nitrogens with one attached hydrogen (secondary N) is 2. The Morgan fingerprint density at radius 2 is 2.36 bits per heavy atom. The fourth-order valence-electron chi connectivity index (χ4n) is 3.47. The first-order valence-corrected chi connectivity index (χ1v) is 10.6. The SMILES string of the molecule is CCNN=c1c2cc(Cl)c(Br)cc2ncn1CC(=O)CC1NCCCC1OC. The van der Waals surface area contributed by atoms with Gasteiger partial charge in [-0.1, -0.05) is 11.6 Å². The maximum absolute atomic E-state index is 12.8. The van der Waals surface area contributed by atoms with Gasteiger partial charge in [0, 0.05) is 36.0 Å². The average Bonchev–Trinajstić information content (AvgIpc) is 2.68. The Labute approximate surface area is 177 Å². The molecule has 7 nitrogen and oxygen atoms in total. The van der Waals surface area contributed by atoms with E-state index in [2.05, 4.69) is 36.8 Å². The van der Waals surface area contributed by atoms with Gasteiger partial charge in [0.15, 0.2) is 11.3 Å². The van der Waals surface area contributed by atoms with Gasteiger partial charge in [0.05, 0.1) is 29.5 Å². The van der Waals surface area contributed by atoms with Gasteiger partial charge in [0.1, 0.15) is 0 Å². The molecule has 1 aromatic carbocycles. The van der Waals surface area contributed by atoms with E-state index in [0.29, 0.717) is 23.5 Å². The lowest BCUT2D eigenvalue weighted by Crippen LogP contribution is -2.47. The lowest BCUT2D eigenvalue weighted by molar-refractivity contribution is -0.121. The van der Waals surface area contributed by atoms with Crippen LogP contribution in [0, 0.1) is 0 Å². The maximum Gasteiger partial charge on any atom is 0.163 e. The smallest absolute Gasteiger partial charge is 0.163 e. The quantitative estimate of drug-likeness (QED) is 0.608. The van der Waals surface area contributed by atoms with Gasteiger partial charge in [-0.25, -0.2) is 4.98 Å². The van der Waals surface area contributed by atoms with Gasteiger partial charge in [0.2, 0.25) is 0 Å². The normalized spacial score (nSPS) is 20.5. The number of hydrogen-bond acceptors (Lipinski definition) is 6. The lowest BCUT2D eigenvalue weighted by Gasteiger charge is -2.31. The van der Waals surface area contributed by atoms with E-state index in [0.717, 1.165) is 34.8 Å². The third kappa shape index (κ3) is 4.92. The number of piperidine rings is 1. The molecule has 1 fully saturated rings. The van der Waals surface area contributed by atoms with Crippen LogP contribution in [0.25, 0.3) is 10.9 Å². The first-order valence-electron chi connectivity index (χ1n) is 9.42. The number of ketones is 1. The zero-order chi connectivity index (χ0) is 20.1. The molecule has 1 aromatic heterocycles. The molecule has 1 aliphatic rings. The van der Waals surface area contributed by atoms with E-state index in [-0.39, 0.29) is 24.5 Å². The molecule has 28 heavy (non-hydrogen) atoms. The summed E-state index contributed by atoms with van der Waals surface area (Å²) in [5, 5.41) is 9.22. The zero-order valence-electron chi connectivity index (χ0n) is 16.0. The number of carbonyl (C=O) groups excluding carboxylic acids is 1. The molecular formula is C19H25BrClN5O2. The van der Waals surface area contributed by atoms with E-state index < -0.39 is 0 Å². The van der Waals surface area contributed by atoms with E-state index in [9.17, 15) is 4.79 Å². The molecule has 2 aromatic rings. The summed E-state index contributed by atoms with van der Waals surface area (Å²) in [6.45, 7) is 3.74. The number of halogens is 2. The van der Waals surface area contributed by atoms with Crippen LogP contribution in [-0.4, -0.2) is 47.7 Å². The lowest BCUT2D eigenvalue weighted by atomic mass is 9.96. The summed E-state index contributed by atoms with van der Waals surface area (Å²) in [6.07, 6.45) is 4.17. The largest absolute Gasteiger partial charge is 0.380 e. The minimum atomic E-state index is 0.0415. The molecule has 9 heteroatoms.